The molecular formula is C25H24N2O4. The van der Waals surface area contributed by atoms with Crippen molar-refractivity contribution in [3.05, 3.63) is 83.4 Å². The maximum atomic E-state index is 13.0. The maximum Gasteiger partial charge on any atom is 0.258 e. The Morgan fingerprint density at radius 1 is 0.871 bits per heavy atom. The third kappa shape index (κ3) is 4.23. The first kappa shape index (κ1) is 20.5. The highest BCUT2D eigenvalue weighted by Gasteiger charge is 2.24. The van der Waals surface area contributed by atoms with Gasteiger partial charge in [0, 0.05) is 29.0 Å². The summed E-state index contributed by atoms with van der Waals surface area (Å²) >= 11 is 0. The Hall–Kier alpha value is -3.80. The van der Waals surface area contributed by atoms with Gasteiger partial charge in [0.25, 0.3) is 11.8 Å². The lowest BCUT2D eigenvalue weighted by molar-refractivity contribution is 0.0983. The highest BCUT2D eigenvalue weighted by Crippen LogP contribution is 2.32. The molecule has 3 aromatic rings. The number of nitrogens with zero attached hydrogens (tertiary/aromatic N) is 1. The molecule has 0 saturated heterocycles. The van der Waals surface area contributed by atoms with Gasteiger partial charge in [0.05, 0.1) is 14.2 Å². The predicted molar refractivity (Wildman–Crippen MR) is 120 cm³/mol. The van der Waals surface area contributed by atoms with Crippen molar-refractivity contribution < 1.29 is 19.1 Å². The SMILES string of the molecule is COc1ccc(C(=O)Nc2ccc3c(c2)CCCN3C(=O)c2ccccc2)cc1OC. The molecule has 1 heterocycles. The summed E-state index contributed by atoms with van der Waals surface area (Å²) in [6.45, 7) is 0.679. The molecule has 0 radical (unpaired) electrons. The molecule has 1 N–H and O–H groups in total. The number of benzene rings is 3. The summed E-state index contributed by atoms with van der Waals surface area (Å²) in [4.78, 5) is 27.5. The molecule has 0 aliphatic carbocycles. The van der Waals surface area contributed by atoms with Crippen molar-refractivity contribution in [2.45, 2.75) is 12.8 Å². The quantitative estimate of drug-likeness (QED) is 0.663. The standard InChI is InChI=1S/C25H24N2O4/c1-30-22-13-10-19(16-23(22)31-2)24(28)26-20-11-12-21-18(15-20)9-6-14-27(21)25(29)17-7-4-3-5-8-17/h3-5,7-8,10-13,15-16H,6,9,14H2,1-2H3,(H,26,28). The van der Waals surface area contributed by atoms with Crippen LogP contribution in [0.15, 0.2) is 66.7 Å². The van der Waals surface area contributed by atoms with Crippen LogP contribution < -0.4 is 19.7 Å². The van der Waals surface area contributed by atoms with E-state index in [1.54, 1.807) is 25.3 Å². The zero-order valence-corrected chi connectivity index (χ0v) is 17.6. The van der Waals surface area contributed by atoms with Crippen LogP contribution in [0.25, 0.3) is 0 Å². The highest BCUT2D eigenvalue weighted by molar-refractivity contribution is 6.07. The van der Waals surface area contributed by atoms with Crippen LogP contribution in [-0.4, -0.2) is 32.6 Å². The van der Waals surface area contributed by atoms with Crippen LogP contribution in [0, 0.1) is 0 Å². The Balaban J connectivity index is 1.54. The zero-order chi connectivity index (χ0) is 21.8. The van der Waals surface area contributed by atoms with E-state index in [0.717, 1.165) is 24.1 Å². The van der Waals surface area contributed by atoms with Gasteiger partial charge in [-0.15, -0.1) is 0 Å². The van der Waals surface area contributed by atoms with Crippen molar-refractivity contribution in [3.63, 3.8) is 0 Å². The molecule has 0 unspecified atom stereocenters. The Morgan fingerprint density at radius 2 is 1.65 bits per heavy atom. The summed E-state index contributed by atoms with van der Waals surface area (Å²) in [5, 5.41) is 2.93. The minimum Gasteiger partial charge on any atom is -0.493 e. The molecule has 0 saturated carbocycles. The summed E-state index contributed by atoms with van der Waals surface area (Å²) in [7, 11) is 3.09. The third-order valence-electron chi connectivity index (χ3n) is 5.37. The molecule has 0 aromatic heterocycles. The minimum atomic E-state index is -0.242. The van der Waals surface area contributed by atoms with Crippen molar-refractivity contribution in [2.24, 2.45) is 0 Å². The lowest BCUT2D eigenvalue weighted by Gasteiger charge is -2.30. The number of methoxy groups -OCH3 is 2. The van der Waals surface area contributed by atoms with Crippen molar-refractivity contribution in [2.75, 3.05) is 31.0 Å². The van der Waals surface area contributed by atoms with E-state index in [-0.39, 0.29) is 11.8 Å². The summed E-state index contributed by atoms with van der Waals surface area (Å²) in [5.74, 6) is 0.809. The molecular weight excluding hydrogens is 392 g/mol. The number of rotatable bonds is 5. The van der Waals surface area contributed by atoms with Gasteiger partial charge in [-0.3, -0.25) is 9.59 Å². The van der Waals surface area contributed by atoms with Crippen LogP contribution in [0.3, 0.4) is 0 Å². The highest BCUT2D eigenvalue weighted by atomic mass is 16.5. The number of fused-ring (bicyclic) bond motifs is 1. The van der Waals surface area contributed by atoms with Crippen LogP contribution >= 0.6 is 0 Å². The molecule has 31 heavy (non-hydrogen) atoms. The second kappa shape index (κ2) is 8.92. The fourth-order valence-corrected chi connectivity index (χ4v) is 3.80. The topological polar surface area (TPSA) is 67.9 Å². The molecule has 3 aromatic carbocycles. The van der Waals surface area contributed by atoms with Gasteiger partial charge in [0.1, 0.15) is 0 Å². The summed E-state index contributed by atoms with van der Waals surface area (Å²) in [6, 6.07) is 20.0. The summed E-state index contributed by atoms with van der Waals surface area (Å²) < 4.78 is 10.5. The zero-order valence-electron chi connectivity index (χ0n) is 17.6. The predicted octanol–water partition coefficient (Wildman–Crippen LogP) is 4.55. The van der Waals surface area contributed by atoms with E-state index in [9.17, 15) is 9.59 Å². The number of amides is 2. The van der Waals surface area contributed by atoms with Crippen LogP contribution in [0.1, 0.15) is 32.7 Å². The Morgan fingerprint density at radius 3 is 2.39 bits per heavy atom. The minimum absolute atomic E-state index is 0.0105. The van der Waals surface area contributed by atoms with E-state index in [1.165, 1.54) is 7.11 Å². The number of ether oxygens (including phenoxy) is 2. The fourth-order valence-electron chi connectivity index (χ4n) is 3.80. The first-order valence-corrected chi connectivity index (χ1v) is 10.1. The van der Waals surface area contributed by atoms with E-state index in [2.05, 4.69) is 5.32 Å². The van der Waals surface area contributed by atoms with Crippen LogP contribution in [-0.2, 0) is 6.42 Å². The number of hydrogen-bond acceptors (Lipinski definition) is 4. The Kier molecular flexibility index (Phi) is 5.89. The largest absolute Gasteiger partial charge is 0.493 e. The molecule has 0 atom stereocenters. The second-order valence-electron chi connectivity index (χ2n) is 7.29. The van der Waals surface area contributed by atoms with Crippen molar-refractivity contribution >= 4 is 23.2 Å². The Bertz CT molecular complexity index is 1110. The monoisotopic (exact) mass is 416 g/mol. The van der Waals surface area contributed by atoms with Gasteiger partial charge in [-0.2, -0.15) is 0 Å². The van der Waals surface area contributed by atoms with E-state index < -0.39 is 0 Å². The number of aryl methyl sites for hydroxylation is 1. The molecule has 1 aliphatic rings. The average Bonchev–Trinajstić information content (AvgIpc) is 2.83. The lowest BCUT2D eigenvalue weighted by atomic mass is 10.00. The number of anilines is 2. The number of nitrogens with one attached hydrogen (secondary N) is 1. The first-order chi connectivity index (χ1) is 15.1. The van der Waals surface area contributed by atoms with E-state index in [0.29, 0.717) is 34.9 Å². The summed E-state index contributed by atoms with van der Waals surface area (Å²) in [6.07, 6.45) is 1.73. The van der Waals surface area contributed by atoms with Gasteiger partial charge in [0.15, 0.2) is 11.5 Å². The van der Waals surface area contributed by atoms with Crippen LogP contribution in [0.5, 0.6) is 11.5 Å². The second-order valence-corrected chi connectivity index (χ2v) is 7.29. The average molecular weight is 416 g/mol. The fraction of sp³-hybridized carbons (Fsp3) is 0.200. The van der Waals surface area contributed by atoms with Crippen LogP contribution in [0.2, 0.25) is 0 Å². The smallest absolute Gasteiger partial charge is 0.258 e. The third-order valence-corrected chi connectivity index (χ3v) is 5.37. The lowest BCUT2D eigenvalue weighted by Crippen LogP contribution is -2.35. The normalized spacial score (nSPS) is 12.6. The van der Waals surface area contributed by atoms with Gasteiger partial charge in [0.2, 0.25) is 0 Å². The molecule has 0 bridgehead atoms. The van der Waals surface area contributed by atoms with E-state index >= 15 is 0 Å². The van der Waals surface area contributed by atoms with Crippen molar-refractivity contribution in [1.82, 2.24) is 0 Å². The molecule has 158 valence electrons. The molecule has 6 nitrogen and oxygen atoms in total. The van der Waals surface area contributed by atoms with Gasteiger partial charge in [-0.1, -0.05) is 18.2 Å². The molecule has 6 heteroatoms. The van der Waals surface area contributed by atoms with Crippen molar-refractivity contribution in [3.8, 4) is 11.5 Å². The van der Waals surface area contributed by atoms with Crippen molar-refractivity contribution in [1.29, 1.82) is 0 Å². The number of hydrogen-bond donors (Lipinski definition) is 1. The van der Waals surface area contributed by atoms with Crippen LogP contribution in [0.4, 0.5) is 11.4 Å². The molecule has 0 spiro atoms. The van der Waals surface area contributed by atoms with Gasteiger partial charge < -0.3 is 19.7 Å². The molecule has 1 aliphatic heterocycles. The van der Waals surface area contributed by atoms with Gasteiger partial charge in [-0.05, 0) is 66.9 Å². The molecule has 2 amide bonds. The van der Waals surface area contributed by atoms with Gasteiger partial charge >= 0.3 is 0 Å². The Labute approximate surface area is 181 Å². The maximum absolute atomic E-state index is 13.0. The van der Waals surface area contributed by atoms with E-state index in [4.69, 9.17) is 9.47 Å². The summed E-state index contributed by atoms with van der Waals surface area (Å²) in [5.41, 5.74) is 3.76. The first-order valence-electron chi connectivity index (χ1n) is 10.1. The molecule has 4 rings (SSSR count). The van der Waals surface area contributed by atoms with Gasteiger partial charge in [-0.25, -0.2) is 0 Å². The van der Waals surface area contributed by atoms with E-state index in [1.807, 2.05) is 53.4 Å². The number of carbonyl (C=O) groups excluding carboxylic acids is 2. The number of carbonyl (C=O) groups is 2. The molecule has 0 fully saturated rings.